The van der Waals surface area contributed by atoms with Crippen LogP contribution in [0.15, 0.2) is 59.3 Å². The van der Waals surface area contributed by atoms with Gasteiger partial charge >= 0.3 is 0 Å². The standard InChI is InChI=1S/C17H12FN5O2/c18-12-5-3-4-11(8-12)13-9-14(25-22-13)17(24)19-10-16-21-20-15-6-1-2-7-23(15)16/h1-9H,10H2,(H,19,24). The second kappa shape index (κ2) is 6.16. The van der Waals surface area contributed by atoms with Crippen molar-refractivity contribution in [3.8, 4) is 11.3 Å². The summed E-state index contributed by atoms with van der Waals surface area (Å²) < 4.78 is 20.1. The topological polar surface area (TPSA) is 85.3 Å². The molecule has 0 bridgehead atoms. The number of halogens is 1. The number of hydrogen-bond acceptors (Lipinski definition) is 5. The van der Waals surface area contributed by atoms with Crippen molar-refractivity contribution in [1.82, 2.24) is 25.1 Å². The molecule has 0 aliphatic heterocycles. The first-order chi connectivity index (χ1) is 12.2. The van der Waals surface area contributed by atoms with Crippen LogP contribution in [0.25, 0.3) is 16.9 Å². The summed E-state index contributed by atoms with van der Waals surface area (Å²) >= 11 is 0. The smallest absolute Gasteiger partial charge is 0.290 e. The Kier molecular flexibility index (Phi) is 3.70. The van der Waals surface area contributed by atoms with Crippen LogP contribution in [0.4, 0.5) is 4.39 Å². The molecular formula is C17H12FN5O2. The van der Waals surface area contributed by atoms with Crippen molar-refractivity contribution in [3.05, 3.63) is 72.1 Å². The number of nitrogens with one attached hydrogen (secondary N) is 1. The molecule has 7 nitrogen and oxygen atoms in total. The maximum atomic E-state index is 13.3. The summed E-state index contributed by atoms with van der Waals surface area (Å²) in [5.41, 5.74) is 1.61. The van der Waals surface area contributed by atoms with E-state index in [0.29, 0.717) is 22.7 Å². The lowest BCUT2D eigenvalue weighted by molar-refractivity contribution is 0.0913. The maximum Gasteiger partial charge on any atom is 0.290 e. The van der Waals surface area contributed by atoms with Crippen LogP contribution in [0.2, 0.25) is 0 Å². The van der Waals surface area contributed by atoms with Gasteiger partial charge in [0.15, 0.2) is 11.5 Å². The fourth-order valence-electron chi connectivity index (χ4n) is 2.42. The molecule has 0 saturated carbocycles. The molecule has 0 aliphatic carbocycles. The molecule has 124 valence electrons. The van der Waals surface area contributed by atoms with Crippen LogP contribution >= 0.6 is 0 Å². The Hall–Kier alpha value is -3.55. The van der Waals surface area contributed by atoms with Crippen LogP contribution in [0.1, 0.15) is 16.4 Å². The second-order valence-corrected chi connectivity index (χ2v) is 5.31. The quantitative estimate of drug-likeness (QED) is 0.618. The lowest BCUT2D eigenvalue weighted by Gasteiger charge is -2.01. The van der Waals surface area contributed by atoms with Gasteiger partial charge < -0.3 is 9.84 Å². The van der Waals surface area contributed by atoms with Crippen LogP contribution in [-0.2, 0) is 6.54 Å². The maximum absolute atomic E-state index is 13.3. The van der Waals surface area contributed by atoms with Crippen molar-refractivity contribution in [1.29, 1.82) is 0 Å². The molecule has 4 aromatic rings. The summed E-state index contributed by atoms with van der Waals surface area (Å²) in [4.78, 5) is 12.2. The highest BCUT2D eigenvalue weighted by atomic mass is 19.1. The number of benzene rings is 1. The highest BCUT2D eigenvalue weighted by molar-refractivity contribution is 5.92. The first-order valence-electron chi connectivity index (χ1n) is 7.50. The summed E-state index contributed by atoms with van der Waals surface area (Å²) in [6.45, 7) is 0.181. The predicted molar refractivity (Wildman–Crippen MR) is 86.1 cm³/mol. The van der Waals surface area contributed by atoms with Gasteiger partial charge in [0.1, 0.15) is 11.5 Å². The number of hydrogen-bond donors (Lipinski definition) is 1. The number of carbonyl (C=O) groups is 1. The average Bonchev–Trinajstić information content (AvgIpc) is 3.27. The number of rotatable bonds is 4. The molecule has 3 heterocycles. The van der Waals surface area contributed by atoms with Gasteiger partial charge in [0.2, 0.25) is 5.76 Å². The number of amides is 1. The highest BCUT2D eigenvalue weighted by Crippen LogP contribution is 2.19. The third-order valence-corrected chi connectivity index (χ3v) is 3.65. The Balaban J connectivity index is 1.48. The minimum Gasteiger partial charge on any atom is -0.350 e. The summed E-state index contributed by atoms with van der Waals surface area (Å²) in [7, 11) is 0. The molecule has 1 aromatic carbocycles. The summed E-state index contributed by atoms with van der Waals surface area (Å²) in [5, 5.41) is 14.6. The van der Waals surface area contributed by atoms with Gasteiger partial charge in [-0.15, -0.1) is 10.2 Å². The second-order valence-electron chi connectivity index (χ2n) is 5.31. The predicted octanol–water partition coefficient (Wildman–Crippen LogP) is 2.45. The van der Waals surface area contributed by atoms with Crippen LogP contribution in [0, 0.1) is 5.82 Å². The largest absolute Gasteiger partial charge is 0.350 e. The Labute approximate surface area is 141 Å². The van der Waals surface area contributed by atoms with Gasteiger partial charge in [0.25, 0.3) is 5.91 Å². The van der Waals surface area contributed by atoms with E-state index in [-0.39, 0.29) is 18.1 Å². The van der Waals surface area contributed by atoms with Gasteiger partial charge in [-0.25, -0.2) is 4.39 Å². The van der Waals surface area contributed by atoms with Gasteiger partial charge in [0, 0.05) is 17.8 Å². The van der Waals surface area contributed by atoms with E-state index in [1.54, 1.807) is 16.5 Å². The molecule has 0 unspecified atom stereocenters. The fourth-order valence-corrected chi connectivity index (χ4v) is 2.42. The van der Waals surface area contributed by atoms with Gasteiger partial charge in [-0.3, -0.25) is 9.20 Å². The summed E-state index contributed by atoms with van der Waals surface area (Å²) in [5.74, 6) is -0.199. The van der Waals surface area contributed by atoms with Crippen LogP contribution in [-0.4, -0.2) is 25.7 Å². The molecule has 25 heavy (non-hydrogen) atoms. The Bertz CT molecular complexity index is 1060. The van der Waals surface area contributed by atoms with E-state index >= 15 is 0 Å². The van der Waals surface area contributed by atoms with Crippen molar-refractivity contribution in [2.45, 2.75) is 6.54 Å². The SMILES string of the molecule is O=C(NCc1nnc2ccccn12)c1cc(-c2cccc(F)c2)no1. The summed E-state index contributed by atoms with van der Waals surface area (Å²) in [6, 6.07) is 12.9. The van der Waals surface area contributed by atoms with E-state index in [9.17, 15) is 9.18 Å². The van der Waals surface area contributed by atoms with Crippen molar-refractivity contribution >= 4 is 11.6 Å². The van der Waals surface area contributed by atoms with E-state index < -0.39 is 5.91 Å². The number of carbonyl (C=O) groups excluding carboxylic acids is 1. The minimum absolute atomic E-state index is 0.0353. The van der Waals surface area contributed by atoms with Crippen LogP contribution < -0.4 is 5.32 Å². The van der Waals surface area contributed by atoms with Crippen LogP contribution in [0.5, 0.6) is 0 Å². The lowest BCUT2D eigenvalue weighted by Crippen LogP contribution is -2.23. The lowest BCUT2D eigenvalue weighted by atomic mass is 10.1. The number of pyridine rings is 1. The first kappa shape index (κ1) is 15.0. The zero-order valence-corrected chi connectivity index (χ0v) is 12.9. The minimum atomic E-state index is -0.442. The molecular weight excluding hydrogens is 325 g/mol. The molecule has 8 heteroatoms. The molecule has 0 radical (unpaired) electrons. The third kappa shape index (κ3) is 2.97. The average molecular weight is 337 g/mol. The number of nitrogens with zero attached hydrogens (tertiary/aromatic N) is 4. The fraction of sp³-hybridized carbons (Fsp3) is 0.0588. The molecule has 0 aliphatic rings. The van der Waals surface area contributed by atoms with E-state index in [4.69, 9.17) is 4.52 Å². The molecule has 1 amide bonds. The van der Waals surface area contributed by atoms with E-state index in [1.165, 1.54) is 18.2 Å². The monoisotopic (exact) mass is 337 g/mol. The normalized spacial score (nSPS) is 10.9. The summed E-state index contributed by atoms with van der Waals surface area (Å²) in [6.07, 6.45) is 1.81. The van der Waals surface area contributed by atoms with E-state index in [1.807, 2.05) is 24.4 Å². The Morgan fingerprint density at radius 1 is 1.16 bits per heavy atom. The van der Waals surface area contributed by atoms with E-state index in [0.717, 1.165) is 0 Å². The molecule has 0 atom stereocenters. The highest BCUT2D eigenvalue weighted by Gasteiger charge is 2.15. The van der Waals surface area contributed by atoms with Crippen molar-refractivity contribution in [3.63, 3.8) is 0 Å². The molecule has 3 aromatic heterocycles. The van der Waals surface area contributed by atoms with Gasteiger partial charge in [-0.1, -0.05) is 23.4 Å². The molecule has 1 N–H and O–H groups in total. The van der Waals surface area contributed by atoms with Crippen LogP contribution in [0.3, 0.4) is 0 Å². The first-order valence-corrected chi connectivity index (χ1v) is 7.50. The van der Waals surface area contributed by atoms with Gasteiger partial charge in [0.05, 0.1) is 6.54 Å². The zero-order valence-electron chi connectivity index (χ0n) is 12.9. The van der Waals surface area contributed by atoms with Gasteiger partial charge in [-0.2, -0.15) is 0 Å². The van der Waals surface area contributed by atoms with Crippen molar-refractivity contribution < 1.29 is 13.7 Å². The Morgan fingerprint density at radius 3 is 2.96 bits per heavy atom. The third-order valence-electron chi connectivity index (χ3n) is 3.65. The molecule has 0 fully saturated rings. The Morgan fingerprint density at radius 2 is 2.08 bits per heavy atom. The van der Waals surface area contributed by atoms with Crippen molar-refractivity contribution in [2.75, 3.05) is 0 Å². The van der Waals surface area contributed by atoms with Crippen molar-refractivity contribution in [2.24, 2.45) is 0 Å². The van der Waals surface area contributed by atoms with E-state index in [2.05, 4.69) is 20.7 Å². The number of aromatic nitrogens is 4. The molecule has 0 spiro atoms. The number of fused-ring (bicyclic) bond motifs is 1. The van der Waals surface area contributed by atoms with Gasteiger partial charge in [-0.05, 0) is 24.3 Å². The molecule has 4 rings (SSSR count). The molecule has 0 saturated heterocycles. The zero-order chi connectivity index (χ0) is 17.2.